The van der Waals surface area contributed by atoms with Gasteiger partial charge in [0, 0.05) is 18.2 Å². The van der Waals surface area contributed by atoms with E-state index >= 15 is 0 Å². The average Bonchev–Trinajstić information content (AvgIpc) is 2.37. The van der Waals surface area contributed by atoms with Gasteiger partial charge in [-0.3, -0.25) is 4.79 Å². The first-order valence-corrected chi connectivity index (χ1v) is 7.01. The molecule has 3 heteroatoms. The molecule has 0 spiro atoms. The number of amides is 1. The van der Waals surface area contributed by atoms with E-state index in [9.17, 15) is 4.79 Å². The van der Waals surface area contributed by atoms with Gasteiger partial charge in [0.2, 0.25) is 5.91 Å². The topological polar surface area (TPSA) is 55.1 Å². The Hall–Kier alpha value is -1.35. The van der Waals surface area contributed by atoms with Crippen LogP contribution in [0.15, 0.2) is 18.2 Å². The highest BCUT2D eigenvalue weighted by Crippen LogP contribution is 2.28. The first-order chi connectivity index (χ1) is 8.86. The van der Waals surface area contributed by atoms with Crippen LogP contribution in [0.4, 0.5) is 5.69 Å². The van der Waals surface area contributed by atoms with Crippen molar-refractivity contribution in [2.75, 3.05) is 11.9 Å². The maximum absolute atomic E-state index is 11.9. The first-order valence-electron chi connectivity index (χ1n) is 7.01. The highest BCUT2D eigenvalue weighted by Gasteiger charge is 2.15. The molecule has 0 radical (unpaired) electrons. The summed E-state index contributed by atoms with van der Waals surface area (Å²) in [6.45, 7) is 10.8. The number of benzene rings is 1. The van der Waals surface area contributed by atoms with Crippen molar-refractivity contribution in [3.05, 3.63) is 29.3 Å². The molecular formula is C16H26N2O. The Bertz CT molecular complexity index is 438. The standard InChI is InChI=1S/C16H26N2O/c1-10(2)13-6-7-15(14(8-13)11(3)4)18-16(19)12(5)9-17/h6-8,10-12H,9,17H2,1-5H3,(H,18,19). The van der Waals surface area contributed by atoms with Crippen molar-refractivity contribution in [1.29, 1.82) is 0 Å². The van der Waals surface area contributed by atoms with Gasteiger partial charge in [0.05, 0.1) is 0 Å². The zero-order chi connectivity index (χ0) is 14.6. The van der Waals surface area contributed by atoms with Crippen molar-refractivity contribution >= 4 is 11.6 Å². The van der Waals surface area contributed by atoms with Crippen LogP contribution in [0.2, 0.25) is 0 Å². The summed E-state index contributed by atoms with van der Waals surface area (Å²) in [7, 11) is 0. The van der Waals surface area contributed by atoms with Crippen LogP contribution in [-0.4, -0.2) is 12.5 Å². The predicted molar refractivity (Wildman–Crippen MR) is 81.5 cm³/mol. The summed E-state index contributed by atoms with van der Waals surface area (Å²) in [5.74, 6) is 0.693. The van der Waals surface area contributed by atoms with Crippen LogP contribution >= 0.6 is 0 Å². The third kappa shape index (κ3) is 4.06. The second-order valence-corrected chi connectivity index (χ2v) is 5.78. The van der Waals surface area contributed by atoms with Crippen LogP contribution in [-0.2, 0) is 4.79 Å². The van der Waals surface area contributed by atoms with E-state index in [0.29, 0.717) is 18.4 Å². The Labute approximate surface area is 116 Å². The van der Waals surface area contributed by atoms with Crippen LogP contribution < -0.4 is 11.1 Å². The lowest BCUT2D eigenvalue weighted by molar-refractivity contribution is -0.119. The lowest BCUT2D eigenvalue weighted by Gasteiger charge is -2.18. The number of carbonyl (C=O) groups excluding carboxylic acids is 1. The zero-order valence-electron chi connectivity index (χ0n) is 12.7. The van der Waals surface area contributed by atoms with Gasteiger partial charge in [-0.25, -0.2) is 0 Å². The summed E-state index contributed by atoms with van der Waals surface area (Å²) in [6, 6.07) is 6.28. The van der Waals surface area contributed by atoms with Gasteiger partial charge in [0.15, 0.2) is 0 Å². The average molecular weight is 262 g/mol. The summed E-state index contributed by atoms with van der Waals surface area (Å²) in [4.78, 5) is 11.9. The first kappa shape index (κ1) is 15.7. The van der Waals surface area contributed by atoms with Crippen LogP contribution in [0.5, 0.6) is 0 Å². The Morgan fingerprint density at radius 1 is 1.16 bits per heavy atom. The van der Waals surface area contributed by atoms with Gasteiger partial charge in [-0.05, 0) is 29.0 Å². The molecule has 1 unspecified atom stereocenters. The summed E-state index contributed by atoms with van der Waals surface area (Å²) in [6.07, 6.45) is 0. The minimum absolute atomic E-state index is 0.0123. The molecule has 0 fully saturated rings. The molecule has 3 nitrogen and oxygen atoms in total. The van der Waals surface area contributed by atoms with Crippen LogP contribution in [0, 0.1) is 5.92 Å². The van der Waals surface area contributed by atoms with Gasteiger partial charge in [-0.2, -0.15) is 0 Å². The number of nitrogens with two attached hydrogens (primary N) is 1. The monoisotopic (exact) mass is 262 g/mol. The number of nitrogens with one attached hydrogen (secondary N) is 1. The van der Waals surface area contributed by atoms with Crippen LogP contribution in [0.1, 0.15) is 57.6 Å². The Balaban J connectivity index is 3.04. The van der Waals surface area contributed by atoms with Crippen LogP contribution in [0.25, 0.3) is 0 Å². The quantitative estimate of drug-likeness (QED) is 0.853. The normalized spacial score (nSPS) is 12.8. The minimum atomic E-state index is -0.162. The summed E-state index contributed by atoms with van der Waals surface area (Å²) < 4.78 is 0. The molecule has 0 aliphatic rings. The molecular weight excluding hydrogens is 236 g/mol. The van der Waals surface area contributed by atoms with Crippen molar-refractivity contribution < 1.29 is 4.79 Å². The molecule has 1 aromatic carbocycles. The van der Waals surface area contributed by atoms with Crippen molar-refractivity contribution in [3.63, 3.8) is 0 Å². The molecule has 106 valence electrons. The van der Waals surface area contributed by atoms with E-state index in [2.05, 4.69) is 45.1 Å². The maximum Gasteiger partial charge on any atom is 0.228 e. The van der Waals surface area contributed by atoms with E-state index in [0.717, 1.165) is 5.69 Å². The van der Waals surface area contributed by atoms with Gasteiger partial charge in [-0.1, -0.05) is 46.8 Å². The molecule has 3 N–H and O–H groups in total. The maximum atomic E-state index is 11.9. The van der Waals surface area contributed by atoms with E-state index in [-0.39, 0.29) is 11.8 Å². The third-order valence-corrected chi connectivity index (χ3v) is 3.42. The number of carbonyl (C=O) groups is 1. The van der Waals surface area contributed by atoms with E-state index in [1.807, 2.05) is 13.0 Å². The van der Waals surface area contributed by atoms with Crippen molar-refractivity contribution in [3.8, 4) is 0 Å². The fourth-order valence-corrected chi connectivity index (χ4v) is 1.89. The third-order valence-electron chi connectivity index (χ3n) is 3.42. The Morgan fingerprint density at radius 2 is 1.79 bits per heavy atom. The molecule has 0 aliphatic carbocycles. The van der Waals surface area contributed by atoms with E-state index < -0.39 is 0 Å². The molecule has 1 atom stereocenters. The molecule has 1 amide bonds. The Morgan fingerprint density at radius 3 is 2.26 bits per heavy atom. The summed E-state index contributed by atoms with van der Waals surface area (Å²) in [5.41, 5.74) is 8.92. The van der Waals surface area contributed by atoms with Gasteiger partial charge in [-0.15, -0.1) is 0 Å². The van der Waals surface area contributed by atoms with Gasteiger partial charge < -0.3 is 11.1 Å². The van der Waals surface area contributed by atoms with Gasteiger partial charge in [0.25, 0.3) is 0 Å². The molecule has 0 saturated heterocycles. The number of rotatable bonds is 5. The van der Waals surface area contributed by atoms with Gasteiger partial charge in [0.1, 0.15) is 0 Å². The molecule has 0 aliphatic heterocycles. The van der Waals surface area contributed by atoms with E-state index in [4.69, 9.17) is 5.73 Å². The molecule has 1 aromatic rings. The van der Waals surface area contributed by atoms with Crippen LogP contribution in [0.3, 0.4) is 0 Å². The fraction of sp³-hybridized carbons (Fsp3) is 0.562. The zero-order valence-corrected chi connectivity index (χ0v) is 12.7. The molecule has 0 aromatic heterocycles. The highest BCUT2D eigenvalue weighted by atomic mass is 16.1. The predicted octanol–water partition coefficient (Wildman–Crippen LogP) is 3.47. The highest BCUT2D eigenvalue weighted by molar-refractivity contribution is 5.93. The molecule has 0 bridgehead atoms. The van der Waals surface area contributed by atoms with Crippen molar-refractivity contribution in [1.82, 2.24) is 0 Å². The molecule has 0 saturated carbocycles. The van der Waals surface area contributed by atoms with E-state index in [1.165, 1.54) is 11.1 Å². The minimum Gasteiger partial charge on any atom is -0.330 e. The smallest absolute Gasteiger partial charge is 0.228 e. The molecule has 19 heavy (non-hydrogen) atoms. The second kappa shape index (κ2) is 6.71. The lowest BCUT2D eigenvalue weighted by Crippen LogP contribution is -2.27. The van der Waals surface area contributed by atoms with E-state index in [1.54, 1.807) is 0 Å². The number of anilines is 1. The fourth-order valence-electron chi connectivity index (χ4n) is 1.89. The lowest BCUT2D eigenvalue weighted by atomic mass is 9.94. The molecule has 0 heterocycles. The summed E-state index contributed by atoms with van der Waals surface area (Å²) in [5, 5.41) is 2.99. The Kier molecular flexibility index (Phi) is 5.55. The summed E-state index contributed by atoms with van der Waals surface area (Å²) >= 11 is 0. The van der Waals surface area contributed by atoms with Crippen molar-refractivity contribution in [2.24, 2.45) is 11.7 Å². The van der Waals surface area contributed by atoms with Crippen molar-refractivity contribution in [2.45, 2.75) is 46.5 Å². The number of hydrogen-bond acceptors (Lipinski definition) is 2. The second-order valence-electron chi connectivity index (χ2n) is 5.78. The van der Waals surface area contributed by atoms with Gasteiger partial charge >= 0.3 is 0 Å². The molecule has 1 rings (SSSR count). The largest absolute Gasteiger partial charge is 0.330 e. The SMILES string of the molecule is CC(CN)C(=O)Nc1ccc(C(C)C)cc1C(C)C. The number of hydrogen-bond donors (Lipinski definition) is 2.